The molecule has 1 amide bonds. The summed E-state index contributed by atoms with van der Waals surface area (Å²) in [6, 6.07) is 13.2. The number of amides is 1. The predicted molar refractivity (Wildman–Crippen MR) is 87.5 cm³/mol. The largest absolute Gasteiger partial charge is 0.322 e. The van der Waals surface area contributed by atoms with E-state index in [1.165, 1.54) is 32.4 Å². The van der Waals surface area contributed by atoms with Crippen molar-refractivity contribution >= 4 is 21.6 Å². The van der Waals surface area contributed by atoms with Gasteiger partial charge < -0.3 is 5.32 Å². The Morgan fingerprint density at radius 2 is 1.83 bits per heavy atom. The lowest BCUT2D eigenvalue weighted by Gasteiger charge is -2.14. The summed E-state index contributed by atoms with van der Waals surface area (Å²) in [6.45, 7) is 1.88. The molecule has 0 aliphatic carbocycles. The molecule has 2 rings (SSSR count). The SMILES string of the molecule is CON(C)S(=O)(=O)c1cccc(C(=O)Nc2ccccc2C)c1. The first-order chi connectivity index (χ1) is 10.9. The van der Waals surface area contributed by atoms with E-state index < -0.39 is 10.0 Å². The molecular weight excluding hydrogens is 316 g/mol. The van der Waals surface area contributed by atoms with E-state index in [1.54, 1.807) is 12.1 Å². The second kappa shape index (κ2) is 6.91. The van der Waals surface area contributed by atoms with E-state index in [0.29, 0.717) is 5.69 Å². The standard InChI is InChI=1S/C16H18N2O4S/c1-12-7-4-5-10-15(12)17-16(19)13-8-6-9-14(11-13)23(20,21)18(2)22-3/h4-11H,1-3H3,(H,17,19). The molecule has 0 bridgehead atoms. The Bertz CT molecular complexity index is 818. The Labute approximate surface area is 135 Å². The topological polar surface area (TPSA) is 75.7 Å². The molecule has 0 aromatic heterocycles. The molecule has 0 unspecified atom stereocenters. The summed E-state index contributed by atoms with van der Waals surface area (Å²) in [5.41, 5.74) is 1.85. The monoisotopic (exact) mass is 334 g/mol. The summed E-state index contributed by atoms with van der Waals surface area (Å²) in [7, 11) is -1.25. The predicted octanol–water partition coefficient (Wildman–Crippen LogP) is 2.43. The molecule has 7 heteroatoms. The van der Waals surface area contributed by atoms with E-state index >= 15 is 0 Å². The molecular formula is C16H18N2O4S. The van der Waals surface area contributed by atoms with E-state index in [1.807, 2.05) is 25.1 Å². The van der Waals surface area contributed by atoms with Gasteiger partial charge in [-0.3, -0.25) is 9.63 Å². The summed E-state index contributed by atoms with van der Waals surface area (Å²) >= 11 is 0. The van der Waals surface area contributed by atoms with Gasteiger partial charge in [-0.1, -0.05) is 28.7 Å². The van der Waals surface area contributed by atoms with Gasteiger partial charge in [0.05, 0.1) is 12.0 Å². The van der Waals surface area contributed by atoms with Gasteiger partial charge >= 0.3 is 0 Å². The fourth-order valence-electron chi connectivity index (χ4n) is 1.95. The molecule has 0 heterocycles. The first-order valence-electron chi connectivity index (χ1n) is 6.86. The molecule has 23 heavy (non-hydrogen) atoms. The molecule has 0 aliphatic heterocycles. The highest BCUT2D eigenvalue weighted by Gasteiger charge is 2.22. The van der Waals surface area contributed by atoms with Gasteiger partial charge in [-0.2, -0.15) is 0 Å². The third-order valence-electron chi connectivity index (χ3n) is 3.38. The molecule has 2 aromatic rings. The van der Waals surface area contributed by atoms with Crippen molar-refractivity contribution in [2.75, 3.05) is 19.5 Å². The minimum absolute atomic E-state index is 0.0146. The normalized spacial score (nSPS) is 11.5. The number of hydrogen-bond acceptors (Lipinski definition) is 4. The summed E-state index contributed by atoms with van der Waals surface area (Å²) in [6.07, 6.45) is 0. The van der Waals surface area contributed by atoms with E-state index in [0.717, 1.165) is 10.0 Å². The number of nitrogens with zero attached hydrogens (tertiary/aromatic N) is 1. The lowest BCUT2D eigenvalue weighted by Crippen LogP contribution is -2.26. The second-order valence-electron chi connectivity index (χ2n) is 4.89. The van der Waals surface area contributed by atoms with Crippen molar-refractivity contribution in [1.29, 1.82) is 0 Å². The summed E-state index contributed by atoms with van der Waals surface area (Å²) in [4.78, 5) is 17.0. The highest BCUT2D eigenvalue weighted by Crippen LogP contribution is 2.18. The van der Waals surface area contributed by atoms with Crippen molar-refractivity contribution < 1.29 is 18.0 Å². The van der Waals surface area contributed by atoms with E-state index in [9.17, 15) is 13.2 Å². The maximum atomic E-state index is 12.3. The molecule has 1 N–H and O–H groups in total. The van der Waals surface area contributed by atoms with Crippen LogP contribution in [0, 0.1) is 6.92 Å². The molecule has 122 valence electrons. The summed E-state index contributed by atoms with van der Waals surface area (Å²) in [5, 5.41) is 2.77. The number of rotatable bonds is 5. The molecule has 2 aromatic carbocycles. The van der Waals surface area contributed by atoms with Gasteiger partial charge in [0, 0.05) is 18.3 Å². The average molecular weight is 334 g/mol. The fraction of sp³-hybridized carbons (Fsp3) is 0.188. The second-order valence-corrected chi connectivity index (χ2v) is 6.83. The number of carbonyl (C=O) groups is 1. The van der Waals surface area contributed by atoms with Crippen LogP contribution < -0.4 is 5.32 Å². The van der Waals surface area contributed by atoms with E-state index in [-0.39, 0.29) is 16.4 Å². The molecule has 0 aliphatic rings. The Morgan fingerprint density at radius 1 is 1.13 bits per heavy atom. The van der Waals surface area contributed by atoms with Crippen LogP contribution in [0.15, 0.2) is 53.4 Å². The van der Waals surface area contributed by atoms with Gasteiger partial charge in [0.15, 0.2) is 0 Å². The van der Waals surface area contributed by atoms with Crippen molar-refractivity contribution in [1.82, 2.24) is 4.47 Å². The van der Waals surface area contributed by atoms with Crippen molar-refractivity contribution in [3.8, 4) is 0 Å². The fourth-order valence-corrected chi connectivity index (χ4v) is 2.97. The third-order valence-corrected chi connectivity index (χ3v) is 5.06. The van der Waals surface area contributed by atoms with E-state index in [2.05, 4.69) is 5.32 Å². The van der Waals surface area contributed by atoms with Crippen LogP contribution in [0.5, 0.6) is 0 Å². The number of benzene rings is 2. The number of para-hydroxylation sites is 1. The van der Waals surface area contributed by atoms with Gasteiger partial charge in [0.2, 0.25) is 0 Å². The lowest BCUT2D eigenvalue weighted by molar-refractivity contribution is -0.0258. The van der Waals surface area contributed by atoms with Crippen LogP contribution in [0.25, 0.3) is 0 Å². The molecule has 0 radical (unpaired) electrons. The van der Waals surface area contributed by atoms with Crippen molar-refractivity contribution in [2.24, 2.45) is 0 Å². The Hall–Kier alpha value is -2.22. The van der Waals surface area contributed by atoms with Crippen LogP contribution in [0.2, 0.25) is 0 Å². The molecule has 6 nitrogen and oxygen atoms in total. The minimum Gasteiger partial charge on any atom is -0.322 e. The zero-order valence-electron chi connectivity index (χ0n) is 13.1. The minimum atomic E-state index is -3.79. The van der Waals surface area contributed by atoms with Gasteiger partial charge in [0.1, 0.15) is 0 Å². The Kier molecular flexibility index (Phi) is 5.15. The highest BCUT2D eigenvalue weighted by atomic mass is 32.2. The van der Waals surface area contributed by atoms with Crippen LogP contribution in [0.4, 0.5) is 5.69 Å². The van der Waals surface area contributed by atoms with Crippen LogP contribution >= 0.6 is 0 Å². The zero-order chi connectivity index (χ0) is 17.0. The van der Waals surface area contributed by atoms with Crippen molar-refractivity contribution in [2.45, 2.75) is 11.8 Å². The zero-order valence-corrected chi connectivity index (χ0v) is 13.9. The Balaban J connectivity index is 2.30. The maximum Gasteiger partial charge on any atom is 0.264 e. The number of hydrogen-bond donors (Lipinski definition) is 1. The average Bonchev–Trinajstić information content (AvgIpc) is 2.56. The number of aryl methyl sites for hydroxylation is 1. The summed E-state index contributed by atoms with van der Waals surface area (Å²) in [5.74, 6) is -0.378. The molecule has 0 saturated heterocycles. The third kappa shape index (κ3) is 3.76. The maximum absolute atomic E-state index is 12.3. The van der Waals surface area contributed by atoms with E-state index in [4.69, 9.17) is 4.84 Å². The van der Waals surface area contributed by atoms with Gasteiger partial charge in [0.25, 0.3) is 15.9 Å². The van der Waals surface area contributed by atoms with Crippen molar-refractivity contribution in [3.63, 3.8) is 0 Å². The number of anilines is 1. The van der Waals surface area contributed by atoms with Crippen LogP contribution in [-0.2, 0) is 14.9 Å². The molecule has 0 spiro atoms. The van der Waals surface area contributed by atoms with Gasteiger partial charge in [-0.25, -0.2) is 8.42 Å². The van der Waals surface area contributed by atoms with Crippen LogP contribution in [-0.4, -0.2) is 33.0 Å². The van der Waals surface area contributed by atoms with Crippen LogP contribution in [0.1, 0.15) is 15.9 Å². The molecule has 0 saturated carbocycles. The van der Waals surface area contributed by atoms with Gasteiger partial charge in [-0.05, 0) is 36.8 Å². The Morgan fingerprint density at radius 3 is 2.48 bits per heavy atom. The number of carbonyl (C=O) groups excluding carboxylic acids is 1. The number of nitrogens with one attached hydrogen (secondary N) is 1. The smallest absolute Gasteiger partial charge is 0.264 e. The lowest BCUT2D eigenvalue weighted by atomic mass is 10.1. The first-order valence-corrected chi connectivity index (χ1v) is 8.30. The number of sulfonamides is 1. The highest BCUT2D eigenvalue weighted by molar-refractivity contribution is 7.89. The number of hydroxylamine groups is 1. The van der Waals surface area contributed by atoms with Crippen LogP contribution in [0.3, 0.4) is 0 Å². The first kappa shape index (κ1) is 17.1. The quantitative estimate of drug-likeness (QED) is 0.852. The molecule has 0 fully saturated rings. The summed E-state index contributed by atoms with van der Waals surface area (Å²) < 4.78 is 25.2. The van der Waals surface area contributed by atoms with Crippen molar-refractivity contribution in [3.05, 3.63) is 59.7 Å². The van der Waals surface area contributed by atoms with Gasteiger partial charge in [-0.15, -0.1) is 0 Å². The molecule has 0 atom stereocenters.